The third-order valence-corrected chi connectivity index (χ3v) is 5.47. The first-order chi connectivity index (χ1) is 17.3. The predicted molar refractivity (Wildman–Crippen MR) is 132 cm³/mol. The van der Waals surface area contributed by atoms with E-state index >= 15 is 0 Å². The van der Waals surface area contributed by atoms with E-state index in [0.717, 1.165) is 28.9 Å². The number of anilines is 1. The number of benzene rings is 3. The van der Waals surface area contributed by atoms with Gasteiger partial charge in [-0.1, -0.05) is 42.5 Å². The molecule has 0 spiro atoms. The fourth-order valence-corrected chi connectivity index (χ4v) is 3.59. The van der Waals surface area contributed by atoms with Crippen LogP contribution in [0.1, 0.15) is 39.4 Å². The molecule has 4 N–H and O–H groups in total. The molecule has 36 heavy (non-hydrogen) atoms. The number of carbonyl (C=O) groups is 2. The van der Waals surface area contributed by atoms with Gasteiger partial charge in [-0.05, 0) is 48.4 Å². The van der Waals surface area contributed by atoms with Crippen LogP contribution in [0.5, 0.6) is 5.75 Å². The topological polar surface area (TPSA) is 147 Å². The average Bonchev–Trinajstić information content (AvgIpc) is 3.38. The lowest BCUT2D eigenvalue weighted by Gasteiger charge is -2.16. The number of amides is 2. The van der Waals surface area contributed by atoms with Crippen LogP contribution in [0, 0.1) is 10.1 Å². The molecule has 1 unspecified atom stereocenters. The number of furan rings is 1. The van der Waals surface area contributed by atoms with Crippen LogP contribution in [0.2, 0.25) is 0 Å². The molecule has 0 bridgehead atoms. The second kappa shape index (κ2) is 10.4. The van der Waals surface area contributed by atoms with E-state index in [4.69, 9.17) is 4.42 Å². The maximum Gasteiger partial charge on any atom is 0.311 e. The SMILES string of the molecule is CC(Nc1ccc(-c2ccoc2C(=O)NNC(=O)c2ccc(O)c([N+](=O)[O-])c2)cc1)c1ccccc1. The number of hydrazine groups is 1. The highest BCUT2D eigenvalue weighted by molar-refractivity contribution is 6.01. The highest BCUT2D eigenvalue weighted by Crippen LogP contribution is 2.28. The van der Waals surface area contributed by atoms with Crippen LogP contribution in [0.3, 0.4) is 0 Å². The Labute approximate surface area is 205 Å². The molecule has 0 saturated heterocycles. The summed E-state index contributed by atoms with van der Waals surface area (Å²) in [6, 6.07) is 22.4. The Morgan fingerprint density at radius 2 is 1.64 bits per heavy atom. The molecule has 0 radical (unpaired) electrons. The van der Waals surface area contributed by atoms with Crippen molar-refractivity contribution in [3.8, 4) is 16.9 Å². The van der Waals surface area contributed by atoms with Crippen molar-refractivity contribution in [2.24, 2.45) is 0 Å². The lowest BCUT2D eigenvalue weighted by atomic mass is 10.0. The highest BCUT2D eigenvalue weighted by atomic mass is 16.6. The second-order valence-electron chi connectivity index (χ2n) is 7.89. The highest BCUT2D eigenvalue weighted by Gasteiger charge is 2.20. The Kier molecular flexibility index (Phi) is 6.96. The van der Waals surface area contributed by atoms with Crippen molar-refractivity contribution in [1.82, 2.24) is 10.9 Å². The number of nitrogens with zero attached hydrogens (tertiary/aromatic N) is 1. The van der Waals surface area contributed by atoms with E-state index in [1.807, 2.05) is 54.6 Å². The molecule has 182 valence electrons. The van der Waals surface area contributed by atoms with Crippen molar-refractivity contribution in [3.05, 3.63) is 112 Å². The molecule has 2 amide bonds. The first-order valence-corrected chi connectivity index (χ1v) is 10.9. The maximum absolute atomic E-state index is 12.7. The Bertz CT molecular complexity index is 1400. The minimum atomic E-state index is -0.817. The van der Waals surface area contributed by atoms with Crippen LogP contribution in [-0.2, 0) is 0 Å². The minimum absolute atomic E-state index is 0.0228. The number of phenolic OH excluding ortho intramolecular Hbond substituents is 1. The first kappa shape index (κ1) is 24.0. The van der Waals surface area contributed by atoms with Gasteiger partial charge in [-0.25, -0.2) is 0 Å². The van der Waals surface area contributed by atoms with Gasteiger partial charge in [-0.15, -0.1) is 0 Å². The molecule has 1 aromatic heterocycles. The number of aromatic hydroxyl groups is 1. The first-order valence-electron chi connectivity index (χ1n) is 10.9. The number of nitro benzene ring substituents is 1. The average molecular weight is 486 g/mol. The Balaban J connectivity index is 1.41. The monoisotopic (exact) mass is 486 g/mol. The molecule has 0 aliphatic heterocycles. The zero-order valence-electron chi connectivity index (χ0n) is 19.1. The van der Waals surface area contributed by atoms with Crippen LogP contribution >= 0.6 is 0 Å². The fraction of sp³-hybridized carbons (Fsp3) is 0.0769. The third kappa shape index (κ3) is 5.33. The maximum atomic E-state index is 12.7. The van der Waals surface area contributed by atoms with Gasteiger partial charge in [0, 0.05) is 28.9 Å². The molecule has 10 nitrogen and oxygen atoms in total. The van der Waals surface area contributed by atoms with Gasteiger partial charge in [-0.2, -0.15) is 0 Å². The smallest absolute Gasteiger partial charge is 0.311 e. The summed E-state index contributed by atoms with van der Waals surface area (Å²) in [5.41, 5.74) is 6.98. The molecule has 0 saturated carbocycles. The summed E-state index contributed by atoms with van der Waals surface area (Å²) in [5.74, 6) is -2.11. The van der Waals surface area contributed by atoms with Gasteiger partial charge in [0.25, 0.3) is 5.91 Å². The molecule has 1 heterocycles. The Morgan fingerprint density at radius 1 is 0.944 bits per heavy atom. The van der Waals surface area contributed by atoms with Crippen LogP contribution in [-0.4, -0.2) is 21.8 Å². The predicted octanol–water partition coefficient (Wildman–Crippen LogP) is 4.81. The number of rotatable bonds is 7. The summed E-state index contributed by atoms with van der Waals surface area (Å²) in [6.45, 7) is 2.06. The van der Waals surface area contributed by atoms with Crippen molar-refractivity contribution in [2.45, 2.75) is 13.0 Å². The van der Waals surface area contributed by atoms with Gasteiger partial charge in [0.2, 0.25) is 5.76 Å². The van der Waals surface area contributed by atoms with Crippen molar-refractivity contribution < 1.29 is 24.0 Å². The molecule has 4 aromatic rings. The van der Waals surface area contributed by atoms with Crippen molar-refractivity contribution in [1.29, 1.82) is 0 Å². The van der Waals surface area contributed by atoms with Crippen LogP contribution in [0.15, 0.2) is 89.5 Å². The quantitative estimate of drug-likeness (QED) is 0.216. The van der Waals surface area contributed by atoms with Crippen LogP contribution in [0.4, 0.5) is 11.4 Å². The molecule has 0 fully saturated rings. The molecule has 3 aromatic carbocycles. The summed E-state index contributed by atoms with van der Waals surface area (Å²) < 4.78 is 5.34. The molecular weight excluding hydrogens is 464 g/mol. The number of hydrogen-bond acceptors (Lipinski definition) is 7. The Hall–Kier alpha value is -5.12. The zero-order chi connectivity index (χ0) is 25.7. The van der Waals surface area contributed by atoms with Gasteiger partial charge in [0.05, 0.1) is 11.2 Å². The summed E-state index contributed by atoms with van der Waals surface area (Å²) in [5, 5.41) is 23.9. The van der Waals surface area contributed by atoms with Crippen LogP contribution < -0.4 is 16.2 Å². The van der Waals surface area contributed by atoms with E-state index in [1.165, 1.54) is 12.3 Å². The van der Waals surface area contributed by atoms with E-state index < -0.39 is 28.2 Å². The molecule has 1 atom stereocenters. The fourth-order valence-electron chi connectivity index (χ4n) is 3.59. The molecule has 4 rings (SSSR count). The second-order valence-corrected chi connectivity index (χ2v) is 7.89. The lowest BCUT2D eigenvalue weighted by molar-refractivity contribution is -0.385. The van der Waals surface area contributed by atoms with Gasteiger partial charge >= 0.3 is 11.6 Å². The van der Waals surface area contributed by atoms with Crippen LogP contribution in [0.25, 0.3) is 11.1 Å². The molecule has 10 heteroatoms. The van der Waals surface area contributed by atoms with Gasteiger partial charge < -0.3 is 14.8 Å². The number of nitro groups is 1. The largest absolute Gasteiger partial charge is 0.502 e. The zero-order valence-corrected chi connectivity index (χ0v) is 19.1. The molecule has 0 aliphatic rings. The van der Waals surface area contributed by atoms with Crippen molar-refractivity contribution >= 4 is 23.2 Å². The van der Waals surface area contributed by atoms with E-state index in [2.05, 4.69) is 23.1 Å². The van der Waals surface area contributed by atoms with Crippen molar-refractivity contribution in [3.63, 3.8) is 0 Å². The Morgan fingerprint density at radius 3 is 2.33 bits per heavy atom. The standard InChI is InChI=1S/C26H22N4O6/c1-16(17-5-3-2-4-6-17)27-20-10-7-18(8-11-20)21-13-14-36-24(21)26(33)29-28-25(32)19-9-12-23(31)22(15-19)30(34)35/h2-16,27,31H,1H3,(H,28,32)(H,29,33). The van der Waals surface area contributed by atoms with E-state index in [-0.39, 0.29) is 17.4 Å². The summed E-state index contributed by atoms with van der Waals surface area (Å²) in [4.78, 5) is 35.1. The van der Waals surface area contributed by atoms with E-state index in [0.29, 0.717) is 5.56 Å². The lowest BCUT2D eigenvalue weighted by Crippen LogP contribution is -2.41. The minimum Gasteiger partial charge on any atom is -0.502 e. The van der Waals surface area contributed by atoms with Gasteiger partial charge in [0.15, 0.2) is 5.75 Å². The summed E-state index contributed by atoms with van der Waals surface area (Å²) in [6.07, 6.45) is 1.36. The number of hydrogen-bond donors (Lipinski definition) is 4. The number of carbonyl (C=O) groups excluding carboxylic acids is 2. The normalized spacial score (nSPS) is 11.4. The molecular formula is C26H22N4O6. The van der Waals surface area contributed by atoms with Gasteiger partial charge in [0.1, 0.15) is 0 Å². The van der Waals surface area contributed by atoms with Gasteiger partial charge in [-0.3, -0.25) is 30.6 Å². The number of nitrogens with one attached hydrogen (secondary N) is 3. The number of phenols is 1. The third-order valence-electron chi connectivity index (χ3n) is 5.47. The molecule has 0 aliphatic carbocycles. The summed E-state index contributed by atoms with van der Waals surface area (Å²) in [7, 11) is 0. The van der Waals surface area contributed by atoms with Crippen molar-refractivity contribution in [2.75, 3.05) is 5.32 Å². The van der Waals surface area contributed by atoms with E-state index in [1.54, 1.807) is 6.07 Å². The summed E-state index contributed by atoms with van der Waals surface area (Å²) >= 11 is 0. The van der Waals surface area contributed by atoms with E-state index in [9.17, 15) is 24.8 Å².